The van der Waals surface area contributed by atoms with Crippen LogP contribution in [0.1, 0.15) is 124 Å². The summed E-state index contributed by atoms with van der Waals surface area (Å²) < 4.78 is 21.4. The van der Waals surface area contributed by atoms with E-state index < -0.39 is 48.4 Å². The van der Waals surface area contributed by atoms with E-state index in [1.165, 1.54) is 64.2 Å². The highest BCUT2D eigenvalue weighted by Gasteiger charge is 2.63. The Balaban J connectivity index is 1.53. The van der Waals surface area contributed by atoms with E-state index in [1.54, 1.807) is 0 Å². The summed E-state index contributed by atoms with van der Waals surface area (Å²) in [6, 6.07) is 0. The van der Waals surface area contributed by atoms with Gasteiger partial charge in [0.15, 0.2) is 12.4 Å². The Morgan fingerprint density at radius 1 is 0.972 bits per heavy atom. The zero-order chi connectivity index (χ0) is 26.4. The normalized spacial score (nSPS) is 24.6. The second-order valence-electron chi connectivity index (χ2n) is 10.5. The van der Waals surface area contributed by atoms with Gasteiger partial charge in [-0.3, -0.25) is 9.59 Å². The molecule has 4 atom stereocenters. The molecular formula is C28H48O8. The van der Waals surface area contributed by atoms with Gasteiger partial charge in [0.25, 0.3) is 0 Å². The molecule has 8 heteroatoms. The molecule has 2 heterocycles. The average Bonchev–Trinajstić information content (AvgIpc) is 3.37. The lowest BCUT2D eigenvalue weighted by atomic mass is 9.93. The number of aliphatic hydroxyl groups is 1. The van der Waals surface area contributed by atoms with Crippen LogP contribution in [0.2, 0.25) is 0 Å². The van der Waals surface area contributed by atoms with Gasteiger partial charge >= 0.3 is 11.9 Å². The number of Topliss-reactive ketones (excluding diaryl/α,β-unsaturated/α-hetero) is 1. The quantitative estimate of drug-likeness (QED) is 0.143. The number of rotatable bonds is 19. The summed E-state index contributed by atoms with van der Waals surface area (Å²) in [5, 5.41) is 10.4. The Morgan fingerprint density at radius 2 is 1.53 bits per heavy atom. The van der Waals surface area contributed by atoms with Crippen LogP contribution in [0.4, 0.5) is 0 Å². The fourth-order valence-electron chi connectivity index (χ4n) is 4.87. The molecule has 2 aliphatic heterocycles. The maximum absolute atomic E-state index is 12.8. The molecule has 0 aliphatic carbocycles. The number of carbonyl (C=O) groups is 3. The number of aliphatic hydroxyl groups excluding tert-OH is 1. The van der Waals surface area contributed by atoms with Crippen LogP contribution in [-0.2, 0) is 33.3 Å². The zero-order valence-corrected chi connectivity index (χ0v) is 22.6. The summed E-state index contributed by atoms with van der Waals surface area (Å²) in [7, 11) is 0. The molecule has 0 aromatic carbocycles. The highest BCUT2D eigenvalue weighted by atomic mass is 16.7. The van der Waals surface area contributed by atoms with Crippen LogP contribution in [0.15, 0.2) is 0 Å². The minimum Gasteiger partial charge on any atom is -0.463 e. The summed E-state index contributed by atoms with van der Waals surface area (Å²) >= 11 is 0. The second kappa shape index (κ2) is 16.4. The predicted molar refractivity (Wildman–Crippen MR) is 135 cm³/mol. The highest BCUT2D eigenvalue weighted by molar-refractivity contribution is 6.14. The van der Waals surface area contributed by atoms with Crippen molar-refractivity contribution in [1.82, 2.24) is 0 Å². The molecule has 1 unspecified atom stereocenters. The molecular weight excluding hydrogens is 464 g/mol. The molecule has 0 bridgehead atoms. The van der Waals surface area contributed by atoms with Crippen molar-refractivity contribution in [2.75, 3.05) is 6.61 Å². The van der Waals surface area contributed by atoms with E-state index in [1.807, 2.05) is 13.8 Å². The number of ether oxygens (including phenoxy) is 4. The summed E-state index contributed by atoms with van der Waals surface area (Å²) in [6.45, 7) is 5.51. The maximum Gasteiger partial charge on any atom is 0.347 e. The summed E-state index contributed by atoms with van der Waals surface area (Å²) in [4.78, 5) is 37.3. The number of unbranched alkanes of at least 4 members (excludes halogenated alkanes) is 12. The molecule has 0 aromatic heterocycles. The average molecular weight is 513 g/mol. The molecule has 0 radical (unpaired) electrons. The van der Waals surface area contributed by atoms with Gasteiger partial charge in [0.1, 0.15) is 12.7 Å². The van der Waals surface area contributed by atoms with Crippen molar-refractivity contribution >= 4 is 17.7 Å². The molecule has 36 heavy (non-hydrogen) atoms. The van der Waals surface area contributed by atoms with Crippen LogP contribution >= 0.6 is 0 Å². The van der Waals surface area contributed by atoms with E-state index in [2.05, 4.69) is 6.92 Å². The third-order valence-electron chi connectivity index (χ3n) is 6.96. The van der Waals surface area contributed by atoms with E-state index in [0.717, 1.165) is 19.3 Å². The molecule has 0 amide bonds. The molecule has 2 rings (SSSR count). The van der Waals surface area contributed by atoms with Crippen molar-refractivity contribution in [3.05, 3.63) is 0 Å². The van der Waals surface area contributed by atoms with Gasteiger partial charge in [-0.25, -0.2) is 4.79 Å². The van der Waals surface area contributed by atoms with Crippen LogP contribution in [0.3, 0.4) is 0 Å². The molecule has 0 aromatic rings. The van der Waals surface area contributed by atoms with Gasteiger partial charge in [0.05, 0.1) is 6.10 Å². The SMILES string of the molecule is CCCCCCCCCCCCCCCC(=O)OC[C@@H](O)[C@H]1OC(=O)[C@]2(CCC(OC(C)C)O2)C1=O. The van der Waals surface area contributed by atoms with Crippen LogP contribution in [0.5, 0.6) is 0 Å². The third kappa shape index (κ3) is 9.75. The van der Waals surface area contributed by atoms with Crippen LogP contribution in [-0.4, -0.2) is 59.6 Å². The fourth-order valence-corrected chi connectivity index (χ4v) is 4.87. The molecule has 8 nitrogen and oxygen atoms in total. The van der Waals surface area contributed by atoms with Gasteiger partial charge in [-0.2, -0.15) is 0 Å². The molecule has 1 N–H and O–H groups in total. The number of ketones is 1. The van der Waals surface area contributed by atoms with Crippen molar-refractivity contribution in [1.29, 1.82) is 0 Å². The number of carbonyl (C=O) groups excluding carboxylic acids is 3. The largest absolute Gasteiger partial charge is 0.463 e. The lowest BCUT2D eigenvalue weighted by molar-refractivity contribution is -0.193. The van der Waals surface area contributed by atoms with Crippen molar-refractivity contribution < 1.29 is 38.4 Å². The summed E-state index contributed by atoms with van der Waals surface area (Å²) in [5.74, 6) is -1.88. The van der Waals surface area contributed by atoms with Crippen molar-refractivity contribution in [2.24, 2.45) is 0 Å². The third-order valence-corrected chi connectivity index (χ3v) is 6.96. The van der Waals surface area contributed by atoms with Gasteiger partial charge in [0.2, 0.25) is 11.4 Å². The summed E-state index contributed by atoms with van der Waals surface area (Å²) in [5.41, 5.74) is -1.73. The Labute approximate surface area is 216 Å². The van der Waals surface area contributed by atoms with Gasteiger partial charge < -0.3 is 24.1 Å². The van der Waals surface area contributed by atoms with Gasteiger partial charge in [-0.1, -0.05) is 84.0 Å². The van der Waals surface area contributed by atoms with Gasteiger partial charge in [-0.05, 0) is 26.7 Å². The molecule has 2 aliphatic rings. The predicted octanol–water partition coefficient (Wildman–Crippen LogP) is 5.17. The van der Waals surface area contributed by atoms with E-state index in [4.69, 9.17) is 18.9 Å². The monoisotopic (exact) mass is 512 g/mol. The summed E-state index contributed by atoms with van der Waals surface area (Å²) in [6.07, 6.45) is 13.1. The lowest BCUT2D eigenvalue weighted by Crippen LogP contribution is -2.46. The number of hydrogen-bond acceptors (Lipinski definition) is 8. The molecule has 0 saturated carbocycles. The van der Waals surface area contributed by atoms with E-state index in [-0.39, 0.29) is 18.9 Å². The Bertz CT molecular complexity index is 678. The fraction of sp³-hybridized carbons (Fsp3) is 0.893. The minimum absolute atomic E-state index is 0.117. The number of esters is 2. The standard InChI is InChI=1S/C28H48O8/c1-4-5-6-7-8-9-10-11-12-13-14-15-16-17-23(30)33-20-22(29)25-26(31)28(27(32)35-25)19-18-24(36-28)34-21(2)3/h21-22,24-25,29H,4-20H2,1-3H3/t22-,24?,25-,28+/m1/s1. The minimum atomic E-state index is -1.73. The first-order valence-corrected chi connectivity index (χ1v) is 14.2. The van der Waals surface area contributed by atoms with Crippen LogP contribution in [0.25, 0.3) is 0 Å². The lowest BCUT2D eigenvalue weighted by Gasteiger charge is -2.20. The first kappa shape index (κ1) is 30.7. The first-order valence-electron chi connectivity index (χ1n) is 14.2. The zero-order valence-electron chi connectivity index (χ0n) is 22.6. The van der Waals surface area contributed by atoms with E-state index >= 15 is 0 Å². The van der Waals surface area contributed by atoms with Crippen molar-refractivity contribution in [3.8, 4) is 0 Å². The Morgan fingerprint density at radius 3 is 2.08 bits per heavy atom. The second-order valence-corrected chi connectivity index (χ2v) is 10.5. The van der Waals surface area contributed by atoms with E-state index in [9.17, 15) is 19.5 Å². The maximum atomic E-state index is 12.8. The Kier molecular flexibility index (Phi) is 14.0. The smallest absolute Gasteiger partial charge is 0.347 e. The molecule has 2 saturated heterocycles. The van der Waals surface area contributed by atoms with Crippen LogP contribution in [0, 0.1) is 0 Å². The van der Waals surface area contributed by atoms with Crippen molar-refractivity contribution in [3.63, 3.8) is 0 Å². The van der Waals surface area contributed by atoms with Gasteiger partial charge in [0, 0.05) is 12.8 Å². The molecule has 1 spiro atoms. The highest BCUT2D eigenvalue weighted by Crippen LogP contribution is 2.39. The van der Waals surface area contributed by atoms with Crippen LogP contribution < -0.4 is 0 Å². The molecule has 2 fully saturated rings. The number of cyclic esters (lactones) is 1. The Hall–Kier alpha value is -1.51. The number of hydrogen-bond donors (Lipinski definition) is 1. The topological polar surface area (TPSA) is 108 Å². The van der Waals surface area contributed by atoms with E-state index in [0.29, 0.717) is 6.42 Å². The molecule has 208 valence electrons. The first-order chi connectivity index (χ1) is 17.3. The van der Waals surface area contributed by atoms with Gasteiger partial charge in [-0.15, -0.1) is 0 Å². The van der Waals surface area contributed by atoms with Crippen molar-refractivity contribution in [2.45, 2.75) is 154 Å².